The molecule has 2 aromatic rings. The van der Waals surface area contributed by atoms with Crippen LogP contribution in [0.4, 0.5) is 0 Å². The highest BCUT2D eigenvalue weighted by Gasteiger charge is 2.13. The highest BCUT2D eigenvalue weighted by atomic mass is 28.2. The van der Waals surface area contributed by atoms with Crippen LogP contribution in [0.25, 0.3) is 11.4 Å². The second-order valence-electron chi connectivity index (χ2n) is 10.1. The van der Waals surface area contributed by atoms with Gasteiger partial charge in [-0.1, -0.05) is 79.1 Å². The van der Waals surface area contributed by atoms with Gasteiger partial charge in [0.05, 0.1) is 5.69 Å². The van der Waals surface area contributed by atoms with Gasteiger partial charge >= 0.3 is 9.76 Å². The Hall–Kier alpha value is -1.79. The fourth-order valence-electron chi connectivity index (χ4n) is 4.25. The maximum Gasteiger partial charge on any atom is 0.310 e. The van der Waals surface area contributed by atoms with Gasteiger partial charge in [0.25, 0.3) is 0 Å². The van der Waals surface area contributed by atoms with Crippen molar-refractivity contribution in [3.8, 4) is 17.1 Å². The summed E-state index contributed by atoms with van der Waals surface area (Å²) in [5, 5.41) is 8.90. The third-order valence-electron chi connectivity index (χ3n) is 6.95. The number of unbranched alkanes of at least 4 members (excludes halogenated alkanes) is 5. The van der Waals surface area contributed by atoms with Gasteiger partial charge < -0.3 is 9.16 Å². The maximum atomic E-state index is 6.15. The summed E-state index contributed by atoms with van der Waals surface area (Å²) >= 11 is 0. The first-order valence-corrected chi connectivity index (χ1v) is 15.5. The lowest BCUT2D eigenvalue weighted by Crippen LogP contribution is -2.09. The van der Waals surface area contributed by atoms with Crippen LogP contribution in [0.15, 0.2) is 30.5 Å². The molecule has 0 aliphatic rings. The molecule has 0 aliphatic heterocycles. The van der Waals surface area contributed by atoms with Gasteiger partial charge in [0.2, 0.25) is 0 Å². The molecule has 0 spiro atoms. The lowest BCUT2D eigenvalue weighted by Gasteiger charge is -2.19. The minimum absolute atomic E-state index is 0.441. The van der Waals surface area contributed by atoms with Crippen molar-refractivity contribution in [1.82, 2.24) is 15.2 Å². The lowest BCUT2D eigenvalue weighted by atomic mass is 9.88. The third-order valence-corrected chi connectivity index (χ3v) is 7.87. The molecule has 0 saturated carbocycles. The van der Waals surface area contributed by atoms with Crippen LogP contribution >= 0.6 is 0 Å². The number of pyridine rings is 1. The van der Waals surface area contributed by atoms with Gasteiger partial charge in [0.1, 0.15) is 17.1 Å². The zero-order chi connectivity index (χ0) is 25.8. The molecule has 2 radical (unpaired) electrons. The van der Waals surface area contributed by atoms with E-state index in [-0.39, 0.29) is 0 Å². The number of ether oxygens (including phenoxy) is 1. The highest BCUT2D eigenvalue weighted by molar-refractivity contribution is 6.28. The first kappa shape index (κ1) is 30.4. The number of rotatable bonds is 21. The topological polar surface area (TPSA) is 57.1 Å². The van der Waals surface area contributed by atoms with Gasteiger partial charge in [0, 0.05) is 19.4 Å². The van der Waals surface area contributed by atoms with Crippen LogP contribution in [0.3, 0.4) is 0 Å². The largest absolute Gasteiger partial charge is 0.539 e. The van der Waals surface area contributed by atoms with Crippen molar-refractivity contribution in [2.75, 3.05) is 13.2 Å². The van der Waals surface area contributed by atoms with Crippen molar-refractivity contribution in [2.24, 2.45) is 11.8 Å². The Kier molecular flexibility index (Phi) is 16.3. The fraction of sp³-hybridized carbons (Fsp3) is 0.700. The normalized spacial score (nSPS) is 13.0. The molecule has 5 nitrogen and oxygen atoms in total. The van der Waals surface area contributed by atoms with E-state index in [1.807, 2.05) is 18.2 Å². The molecule has 2 atom stereocenters. The zero-order valence-electron chi connectivity index (χ0n) is 23.3. The van der Waals surface area contributed by atoms with Gasteiger partial charge in [-0.05, 0) is 67.8 Å². The van der Waals surface area contributed by atoms with Crippen LogP contribution in [-0.4, -0.2) is 38.2 Å². The van der Waals surface area contributed by atoms with E-state index in [2.05, 4.69) is 48.9 Å². The molecule has 200 valence electrons. The van der Waals surface area contributed by atoms with Crippen LogP contribution in [0, 0.1) is 11.8 Å². The number of hydrogen-bond donors (Lipinski definition) is 0. The summed E-state index contributed by atoms with van der Waals surface area (Å²) in [5.41, 5.74) is 2.57. The Morgan fingerprint density at radius 3 is 2.28 bits per heavy atom. The molecular formula is C30H49N3O2Si. The SMILES string of the molecule is CCCCCCOCCCCc1ccc(-c2ncccc2O[Si]CCCC(C)C(C)CCCC)nn1. The Morgan fingerprint density at radius 1 is 0.806 bits per heavy atom. The van der Waals surface area contributed by atoms with Crippen LogP contribution in [-0.2, 0) is 11.2 Å². The molecule has 0 saturated heterocycles. The second-order valence-corrected chi connectivity index (χ2v) is 11.1. The fourth-order valence-corrected chi connectivity index (χ4v) is 5.02. The van der Waals surface area contributed by atoms with Gasteiger partial charge in [0.15, 0.2) is 0 Å². The number of nitrogens with zero attached hydrogens (tertiary/aromatic N) is 3. The van der Waals surface area contributed by atoms with E-state index < -0.39 is 0 Å². The van der Waals surface area contributed by atoms with Gasteiger partial charge in [-0.15, -0.1) is 5.10 Å². The van der Waals surface area contributed by atoms with E-state index in [0.29, 0.717) is 9.76 Å². The Labute approximate surface area is 223 Å². The quantitative estimate of drug-likeness (QED) is 0.125. The van der Waals surface area contributed by atoms with Crippen LogP contribution in [0.5, 0.6) is 5.75 Å². The standard InChI is InChI=1S/C30H49N3O2Si/c1-5-7-9-11-22-34-23-12-10-17-27-19-20-28(33-32-27)30-29(18-13-21-31-30)35-36-24-14-16-26(4)25(3)15-8-6-2/h13,18-21,25-26H,5-12,14-17,22-24H2,1-4H3. The summed E-state index contributed by atoms with van der Waals surface area (Å²) in [4.78, 5) is 4.54. The van der Waals surface area contributed by atoms with Gasteiger partial charge in [-0.25, -0.2) is 0 Å². The van der Waals surface area contributed by atoms with E-state index in [0.717, 1.165) is 73.2 Å². The Bertz CT molecular complexity index is 803. The summed E-state index contributed by atoms with van der Waals surface area (Å²) < 4.78 is 11.9. The lowest BCUT2D eigenvalue weighted by molar-refractivity contribution is 0.126. The molecule has 2 aromatic heterocycles. The van der Waals surface area contributed by atoms with Crippen molar-refractivity contribution in [1.29, 1.82) is 0 Å². The van der Waals surface area contributed by atoms with Crippen molar-refractivity contribution in [2.45, 2.75) is 111 Å². The molecule has 6 heteroatoms. The summed E-state index contributed by atoms with van der Waals surface area (Å²) in [5.74, 6) is 2.40. The van der Waals surface area contributed by atoms with Crippen molar-refractivity contribution in [3.63, 3.8) is 0 Å². The average molecular weight is 512 g/mol. The predicted molar refractivity (Wildman–Crippen MR) is 151 cm³/mol. The second kappa shape index (κ2) is 19.3. The van der Waals surface area contributed by atoms with Crippen molar-refractivity contribution in [3.05, 3.63) is 36.2 Å². The number of hydrogen-bond acceptors (Lipinski definition) is 5. The van der Waals surface area contributed by atoms with E-state index in [1.165, 1.54) is 57.8 Å². The van der Waals surface area contributed by atoms with Crippen molar-refractivity contribution < 1.29 is 9.16 Å². The predicted octanol–water partition coefficient (Wildman–Crippen LogP) is 8.12. The van der Waals surface area contributed by atoms with Crippen LogP contribution < -0.4 is 4.43 Å². The first-order chi connectivity index (χ1) is 17.7. The van der Waals surface area contributed by atoms with Crippen molar-refractivity contribution >= 4 is 9.76 Å². The molecule has 0 bridgehead atoms. The molecule has 0 fully saturated rings. The van der Waals surface area contributed by atoms with E-state index >= 15 is 0 Å². The smallest absolute Gasteiger partial charge is 0.310 e. The minimum Gasteiger partial charge on any atom is -0.539 e. The van der Waals surface area contributed by atoms with E-state index in [4.69, 9.17) is 9.16 Å². The van der Waals surface area contributed by atoms with Crippen LogP contribution in [0.2, 0.25) is 6.04 Å². The molecular weight excluding hydrogens is 462 g/mol. The van der Waals surface area contributed by atoms with Crippen LogP contribution in [0.1, 0.15) is 104 Å². The molecule has 36 heavy (non-hydrogen) atoms. The molecule has 2 heterocycles. The maximum absolute atomic E-state index is 6.15. The van der Waals surface area contributed by atoms with E-state index in [9.17, 15) is 0 Å². The summed E-state index contributed by atoms with van der Waals surface area (Å²) in [6, 6.07) is 9.09. The molecule has 0 N–H and O–H groups in total. The molecule has 0 aromatic carbocycles. The Balaban J connectivity index is 1.70. The average Bonchev–Trinajstić information content (AvgIpc) is 2.91. The molecule has 2 rings (SSSR count). The minimum atomic E-state index is 0.441. The third kappa shape index (κ3) is 12.4. The summed E-state index contributed by atoms with van der Waals surface area (Å²) in [7, 11) is 0.441. The van der Waals surface area contributed by atoms with E-state index in [1.54, 1.807) is 6.20 Å². The molecule has 2 unspecified atom stereocenters. The summed E-state index contributed by atoms with van der Waals surface area (Å²) in [6.45, 7) is 11.0. The van der Waals surface area contributed by atoms with Gasteiger partial charge in [-0.2, -0.15) is 5.10 Å². The number of aryl methyl sites for hydroxylation is 1. The zero-order valence-corrected chi connectivity index (χ0v) is 24.3. The number of aromatic nitrogens is 3. The Morgan fingerprint density at radius 2 is 1.56 bits per heavy atom. The summed E-state index contributed by atoms with van der Waals surface area (Å²) in [6.07, 6.45) is 16.4. The first-order valence-electron chi connectivity index (χ1n) is 14.4. The molecule has 0 amide bonds. The van der Waals surface area contributed by atoms with Gasteiger partial charge in [-0.3, -0.25) is 4.98 Å². The molecule has 0 aliphatic carbocycles. The highest BCUT2D eigenvalue weighted by Crippen LogP contribution is 2.26. The monoisotopic (exact) mass is 511 g/mol.